The van der Waals surface area contributed by atoms with Crippen LogP contribution in [0.4, 0.5) is 11.4 Å². The van der Waals surface area contributed by atoms with Crippen LogP contribution in [0, 0.1) is 16.0 Å². The zero-order valence-electron chi connectivity index (χ0n) is 20.0. The Bertz CT molecular complexity index is 1440. The van der Waals surface area contributed by atoms with Crippen molar-refractivity contribution < 1.29 is 19.2 Å². The van der Waals surface area contributed by atoms with Gasteiger partial charge in [0, 0.05) is 45.4 Å². The number of nitrogens with one attached hydrogen (secondary N) is 1. The molecule has 0 bridgehead atoms. The van der Waals surface area contributed by atoms with Gasteiger partial charge in [-0.2, -0.15) is 0 Å². The lowest BCUT2D eigenvalue weighted by molar-refractivity contribution is -0.384. The summed E-state index contributed by atoms with van der Waals surface area (Å²) in [6.07, 6.45) is 1.66. The standard InChI is InChI=1S/C28H24BrN3O5/c1-37-20-10-7-16(8-11-20)26(33)25-24(17-4-2-5-19(14-17)32(35)36)23-6-3-13-31(23)28(25)21-15-18(29)9-12-22(21)30-27(28)34/h2,4-5,7-12,14-15,23-25H,3,6,13H2,1H3,(H,30,34)/t23?,24?,25?,28-/m1/s1. The number of carbonyl (C=O) groups excluding carboxylic acids is 2. The molecule has 37 heavy (non-hydrogen) atoms. The molecule has 0 aromatic heterocycles. The number of ketones is 1. The van der Waals surface area contributed by atoms with Gasteiger partial charge in [-0.3, -0.25) is 24.6 Å². The first-order valence-electron chi connectivity index (χ1n) is 12.2. The van der Waals surface area contributed by atoms with Gasteiger partial charge in [-0.25, -0.2) is 0 Å². The second-order valence-electron chi connectivity index (χ2n) is 9.76. The van der Waals surface area contributed by atoms with Crippen molar-refractivity contribution in [1.82, 2.24) is 4.90 Å². The number of ether oxygens (including phenoxy) is 1. The van der Waals surface area contributed by atoms with Crippen LogP contribution in [-0.2, 0) is 10.3 Å². The van der Waals surface area contributed by atoms with Gasteiger partial charge in [0.25, 0.3) is 5.69 Å². The number of anilines is 1. The Labute approximate surface area is 221 Å². The Morgan fingerprint density at radius 3 is 2.68 bits per heavy atom. The Morgan fingerprint density at radius 1 is 1.16 bits per heavy atom. The Morgan fingerprint density at radius 2 is 1.95 bits per heavy atom. The van der Waals surface area contributed by atoms with Gasteiger partial charge in [-0.15, -0.1) is 0 Å². The molecule has 0 aliphatic carbocycles. The van der Waals surface area contributed by atoms with Gasteiger partial charge in [0.1, 0.15) is 11.3 Å². The summed E-state index contributed by atoms with van der Waals surface area (Å²) in [7, 11) is 1.56. The number of nitro benzene ring substituents is 1. The molecule has 1 spiro atoms. The number of fused-ring (bicyclic) bond motifs is 4. The summed E-state index contributed by atoms with van der Waals surface area (Å²) in [6.45, 7) is 0.655. The van der Waals surface area contributed by atoms with Crippen molar-refractivity contribution in [3.63, 3.8) is 0 Å². The van der Waals surface area contributed by atoms with Gasteiger partial charge in [0.05, 0.1) is 18.0 Å². The van der Waals surface area contributed by atoms with E-state index in [1.54, 1.807) is 43.5 Å². The predicted molar refractivity (Wildman–Crippen MR) is 141 cm³/mol. The Balaban J connectivity index is 1.60. The molecule has 2 fully saturated rings. The molecule has 9 heteroatoms. The first-order chi connectivity index (χ1) is 17.9. The molecule has 2 saturated heterocycles. The number of carbonyl (C=O) groups is 2. The molecule has 3 aromatic carbocycles. The minimum absolute atomic E-state index is 0.0299. The van der Waals surface area contributed by atoms with Crippen LogP contribution in [0.25, 0.3) is 0 Å². The molecule has 0 saturated carbocycles. The lowest BCUT2D eigenvalue weighted by atomic mass is 9.68. The normalized spacial score (nSPS) is 26.1. The summed E-state index contributed by atoms with van der Waals surface area (Å²) in [4.78, 5) is 41.9. The van der Waals surface area contributed by atoms with Gasteiger partial charge >= 0.3 is 0 Å². The van der Waals surface area contributed by atoms with E-state index in [1.807, 2.05) is 24.3 Å². The number of non-ortho nitro benzene ring substituents is 1. The van der Waals surface area contributed by atoms with E-state index >= 15 is 0 Å². The lowest BCUT2D eigenvalue weighted by Crippen LogP contribution is -2.52. The van der Waals surface area contributed by atoms with Crippen molar-refractivity contribution >= 4 is 39.0 Å². The van der Waals surface area contributed by atoms with Crippen LogP contribution in [0.1, 0.15) is 40.2 Å². The van der Waals surface area contributed by atoms with E-state index in [2.05, 4.69) is 26.1 Å². The fourth-order valence-electron chi connectivity index (χ4n) is 6.69. The van der Waals surface area contributed by atoms with Crippen molar-refractivity contribution in [3.05, 3.63) is 98.0 Å². The van der Waals surface area contributed by atoms with Crippen molar-refractivity contribution in [3.8, 4) is 5.75 Å². The number of nitrogens with zero attached hydrogens (tertiary/aromatic N) is 2. The third-order valence-electron chi connectivity index (χ3n) is 8.09. The highest BCUT2D eigenvalue weighted by atomic mass is 79.9. The topological polar surface area (TPSA) is 102 Å². The zero-order chi connectivity index (χ0) is 25.9. The maximum absolute atomic E-state index is 14.5. The van der Waals surface area contributed by atoms with Crippen LogP contribution in [0.5, 0.6) is 5.75 Å². The second kappa shape index (κ2) is 8.78. The smallest absolute Gasteiger partial charge is 0.269 e. The van der Waals surface area contributed by atoms with E-state index < -0.39 is 22.3 Å². The van der Waals surface area contributed by atoms with Gasteiger partial charge in [-0.05, 0) is 67.4 Å². The number of amides is 1. The van der Waals surface area contributed by atoms with Crippen LogP contribution < -0.4 is 10.1 Å². The van der Waals surface area contributed by atoms with Gasteiger partial charge in [0.15, 0.2) is 5.78 Å². The molecule has 0 radical (unpaired) electrons. The maximum atomic E-state index is 14.5. The molecule has 3 aliphatic rings. The average molecular weight is 562 g/mol. The van der Waals surface area contributed by atoms with Crippen molar-refractivity contribution in [1.29, 1.82) is 0 Å². The molecule has 3 heterocycles. The molecular weight excluding hydrogens is 538 g/mol. The minimum Gasteiger partial charge on any atom is -0.497 e. The lowest BCUT2D eigenvalue weighted by Gasteiger charge is -2.37. The molecule has 3 aliphatic heterocycles. The fourth-order valence-corrected chi connectivity index (χ4v) is 7.05. The number of halogens is 1. The summed E-state index contributed by atoms with van der Waals surface area (Å²) in [5.41, 5.74) is 1.36. The van der Waals surface area contributed by atoms with Crippen molar-refractivity contribution in [2.45, 2.75) is 30.3 Å². The monoisotopic (exact) mass is 561 g/mol. The maximum Gasteiger partial charge on any atom is 0.269 e. The highest BCUT2D eigenvalue weighted by Gasteiger charge is 2.69. The van der Waals surface area contributed by atoms with Crippen LogP contribution in [0.15, 0.2) is 71.2 Å². The van der Waals surface area contributed by atoms with Crippen LogP contribution >= 0.6 is 15.9 Å². The van der Waals surface area contributed by atoms with E-state index in [1.165, 1.54) is 6.07 Å². The van der Waals surface area contributed by atoms with Crippen LogP contribution in [0.3, 0.4) is 0 Å². The summed E-state index contributed by atoms with van der Waals surface area (Å²) in [6, 6.07) is 18.9. The highest BCUT2D eigenvalue weighted by Crippen LogP contribution is 2.61. The van der Waals surface area contributed by atoms with Gasteiger partial charge in [-0.1, -0.05) is 28.1 Å². The molecule has 1 amide bonds. The number of benzene rings is 3. The summed E-state index contributed by atoms with van der Waals surface area (Å²) in [5, 5.41) is 14.7. The number of hydrogen-bond acceptors (Lipinski definition) is 6. The quantitative estimate of drug-likeness (QED) is 0.258. The molecular formula is C28H24BrN3O5. The highest BCUT2D eigenvalue weighted by molar-refractivity contribution is 9.10. The first-order valence-corrected chi connectivity index (χ1v) is 13.0. The Kier molecular flexibility index (Phi) is 5.65. The number of nitro groups is 1. The summed E-state index contributed by atoms with van der Waals surface area (Å²) in [5.74, 6) is -0.971. The van der Waals surface area contributed by atoms with Crippen molar-refractivity contribution in [2.75, 3.05) is 19.0 Å². The largest absolute Gasteiger partial charge is 0.497 e. The number of Topliss-reactive ketones (excluding diaryl/α,β-unsaturated/α-hetero) is 1. The van der Waals surface area contributed by atoms with Gasteiger partial charge in [0.2, 0.25) is 5.91 Å². The predicted octanol–water partition coefficient (Wildman–Crippen LogP) is 5.27. The second-order valence-corrected chi connectivity index (χ2v) is 10.7. The SMILES string of the molecule is COc1ccc(C(=O)C2C(c3cccc([N+](=O)[O-])c3)C3CCCN3[C@@]23C(=O)Nc2ccc(Br)cc23)cc1. The average Bonchev–Trinajstić information content (AvgIpc) is 3.57. The van der Waals surface area contributed by atoms with Crippen LogP contribution in [-0.4, -0.2) is 41.2 Å². The molecule has 4 atom stereocenters. The van der Waals surface area contributed by atoms with Crippen LogP contribution in [0.2, 0.25) is 0 Å². The fraction of sp³-hybridized carbons (Fsp3) is 0.286. The zero-order valence-corrected chi connectivity index (χ0v) is 21.6. The first kappa shape index (κ1) is 23.8. The van der Waals surface area contributed by atoms with E-state index in [9.17, 15) is 19.7 Å². The molecule has 8 nitrogen and oxygen atoms in total. The third-order valence-corrected chi connectivity index (χ3v) is 8.58. The Hall–Kier alpha value is -3.56. The molecule has 188 valence electrons. The number of methoxy groups -OCH3 is 1. The van der Waals surface area contributed by atoms with E-state index in [0.29, 0.717) is 29.1 Å². The summed E-state index contributed by atoms with van der Waals surface area (Å²) >= 11 is 3.56. The minimum atomic E-state index is -1.23. The molecule has 1 N–H and O–H groups in total. The van der Waals surface area contributed by atoms with E-state index in [0.717, 1.165) is 22.9 Å². The van der Waals surface area contributed by atoms with Gasteiger partial charge < -0.3 is 10.1 Å². The third kappa shape index (κ3) is 3.44. The molecule has 6 rings (SSSR count). The number of hydrogen-bond donors (Lipinski definition) is 1. The summed E-state index contributed by atoms with van der Waals surface area (Å²) < 4.78 is 6.09. The number of rotatable bonds is 5. The molecule has 3 aromatic rings. The molecule has 3 unspecified atom stereocenters. The van der Waals surface area contributed by atoms with E-state index in [4.69, 9.17) is 4.74 Å². The van der Waals surface area contributed by atoms with E-state index in [-0.39, 0.29) is 23.4 Å². The van der Waals surface area contributed by atoms with Crippen molar-refractivity contribution in [2.24, 2.45) is 5.92 Å².